The summed E-state index contributed by atoms with van der Waals surface area (Å²) in [6.07, 6.45) is 3.47. The maximum Gasteiger partial charge on any atom is 0.308 e. The summed E-state index contributed by atoms with van der Waals surface area (Å²) in [6.45, 7) is 13.0. The molecule has 0 heterocycles. The first-order valence-corrected chi connectivity index (χ1v) is 15.9. The Hall–Kier alpha value is -2.57. The number of hydrogen-bond donors (Lipinski definition) is 2. The molecule has 2 N–H and O–H groups in total. The summed E-state index contributed by atoms with van der Waals surface area (Å²) in [5.74, 6) is -0.179. The largest absolute Gasteiger partial charge is 0.461 e. The van der Waals surface area contributed by atoms with E-state index < -0.39 is 0 Å². The smallest absolute Gasteiger partial charge is 0.308 e. The monoisotopic (exact) mass is 624 g/mol. The number of carbonyl (C=O) groups excluding carboxylic acids is 3. The molecule has 0 spiro atoms. The Balaban J connectivity index is 2.14. The van der Waals surface area contributed by atoms with Crippen molar-refractivity contribution < 1.29 is 42.8 Å². The van der Waals surface area contributed by atoms with E-state index in [-0.39, 0.29) is 36.2 Å². The van der Waals surface area contributed by atoms with E-state index in [1.165, 1.54) is 0 Å². The highest BCUT2D eigenvalue weighted by Gasteiger charge is 2.20. The first-order chi connectivity index (χ1) is 21.2. The van der Waals surface area contributed by atoms with Crippen molar-refractivity contribution in [3.63, 3.8) is 0 Å². The fourth-order valence-corrected chi connectivity index (χ4v) is 4.08. The average Bonchev–Trinajstić information content (AvgIpc) is 2.99. The molecule has 1 atom stereocenters. The number of unbranched alkanes of at least 4 members (excludes halogenated alkanes) is 1. The van der Waals surface area contributed by atoms with Crippen molar-refractivity contribution in [3.8, 4) is 0 Å². The molecule has 0 saturated carbocycles. The van der Waals surface area contributed by atoms with E-state index in [1.54, 1.807) is 21.0 Å². The molecule has 1 aromatic carbocycles. The second-order valence-corrected chi connectivity index (χ2v) is 11.3. The van der Waals surface area contributed by atoms with Gasteiger partial charge in [0.15, 0.2) is 0 Å². The molecule has 44 heavy (non-hydrogen) atoms. The Kier molecular flexibility index (Phi) is 23.1. The van der Waals surface area contributed by atoms with Gasteiger partial charge in [-0.05, 0) is 42.9 Å². The van der Waals surface area contributed by atoms with Gasteiger partial charge in [0.25, 0.3) is 0 Å². The fourth-order valence-electron chi connectivity index (χ4n) is 4.08. The van der Waals surface area contributed by atoms with E-state index in [0.29, 0.717) is 84.0 Å². The van der Waals surface area contributed by atoms with Crippen molar-refractivity contribution in [1.82, 2.24) is 5.32 Å². The fraction of sp³-hybridized carbons (Fsp3) is 0.727. The number of ether oxygens (including phenoxy) is 6. The number of benzene rings is 1. The highest BCUT2D eigenvalue weighted by Crippen LogP contribution is 2.21. The van der Waals surface area contributed by atoms with Gasteiger partial charge in [0.05, 0.1) is 65.4 Å². The number of esters is 1. The molecule has 252 valence electrons. The highest BCUT2D eigenvalue weighted by molar-refractivity contribution is 5.92. The second kappa shape index (κ2) is 25.7. The zero-order valence-electron chi connectivity index (χ0n) is 27.5. The summed E-state index contributed by atoms with van der Waals surface area (Å²) < 4.78 is 31.8. The van der Waals surface area contributed by atoms with E-state index in [4.69, 9.17) is 28.4 Å². The van der Waals surface area contributed by atoms with Crippen LogP contribution in [0.1, 0.15) is 65.4 Å². The van der Waals surface area contributed by atoms with Crippen LogP contribution in [0.4, 0.5) is 5.69 Å². The quantitative estimate of drug-likeness (QED) is 0.108. The number of methoxy groups -OCH3 is 1. The van der Waals surface area contributed by atoms with E-state index in [1.807, 2.05) is 24.3 Å². The lowest BCUT2D eigenvalue weighted by Crippen LogP contribution is -2.27. The van der Waals surface area contributed by atoms with Gasteiger partial charge in [-0.15, -0.1) is 0 Å². The molecule has 0 aliphatic carbocycles. The van der Waals surface area contributed by atoms with E-state index in [9.17, 15) is 14.4 Å². The third-order valence-electron chi connectivity index (χ3n) is 6.52. The molecule has 1 rings (SSSR count). The molecule has 0 aliphatic heterocycles. The predicted molar refractivity (Wildman–Crippen MR) is 169 cm³/mol. The summed E-state index contributed by atoms with van der Waals surface area (Å²) in [4.78, 5) is 36.8. The van der Waals surface area contributed by atoms with Gasteiger partial charge in [0.1, 0.15) is 6.61 Å². The maximum atomic E-state index is 13.0. The zero-order valence-corrected chi connectivity index (χ0v) is 27.5. The van der Waals surface area contributed by atoms with E-state index >= 15 is 0 Å². The average molecular weight is 625 g/mol. The van der Waals surface area contributed by atoms with Crippen LogP contribution in [0.15, 0.2) is 24.3 Å². The minimum absolute atomic E-state index is 0.00121. The highest BCUT2D eigenvalue weighted by atomic mass is 16.6. The molecule has 0 bridgehead atoms. The summed E-state index contributed by atoms with van der Waals surface area (Å²) in [7, 11) is 1.63. The second-order valence-electron chi connectivity index (χ2n) is 11.3. The van der Waals surface area contributed by atoms with Crippen LogP contribution in [0.25, 0.3) is 0 Å². The van der Waals surface area contributed by atoms with Gasteiger partial charge in [-0.2, -0.15) is 0 Å². The first kappa shape index (κ1) is 39.5. The minimum atomic E-state index is -0.236. The predicted octanol–water partition coefficient (Wildman–Crippen LogP) is 4.38. The Labute approximate surface area is 264 Å². The topological polar surface area (TPSA) is 131 Å². The molecule has 11 nitrogen and oxygen atoms in total. The van der Waals surface area contributed by atoms with Gasteiger partial charge in [-0.1, -0.05) is 46.2 Å². The molecule has 11 heteroatoms. The minimum Gasteiger partial charge on any atom is -0.461 e. The summed E-state index contributed by atoms with van der Waals surface area (Å²) in [5, 5.41) is 5.95. The van der Waals surface area contributed by atoms with Crippen LogP contribution in [0.5, 0.6) is 0 Å². The van der Waals surface area contributed by atoms with Crippen LogP contribution in [-0.4, -0.2) is 90.9 Å². The number of carbonyl (C=O) groups is 3. The van der Waals surface area contributed by atoms with Gasteiger partial charge < -0.3 is 39.1 Å². The molecule has 0 aliphatic rings. The van der Waals surface area contributed by atoms with Crippen LogP contribution < -0.4 is 10.6 Å². The number of rotatable bonds is 27. The Morgan fingerprint density at radius 1 is 0.750 bits per heavy atom. The Morgan fingerprint density at radius 2 is 1.32 bits per heavy atom. The number of amides is 2. The summed E-state index contributed by atoms with van der Waals surface area (Å²) >= 11 is 0. The van der Waals surface area contributed by atoms with Crippen LogP contribution in [0, 0.1) is 17.8 Å². The van der Waals surface area contributed by atoms with Crippen LogP contribution >= 0.6 is 0 Å². The molecule has 2 amide bonds. The van der Waals surface area contributed by atoms with Crippen LogP contribution in [0.3, 0.4) is 0 Å². The molecule has 0 radical (unpaired) electrons. The lowest BCUT2D eigenvalue weighted by atomic mass is 9.91. The number of hydrogen-bond acceptors (Lipinski definition) is 9. The van der Waals surface area contributed by atoms with Crippen LogP contribution in [-0.2, 0) is 49.4 Å². The third kappa shape index (κ3) is 21.2. The lowest BCUT2D eigenvalue weighted by Gasteiger charge is -2.19. The third-order valence-corrected chi connectivity index (χ3v) is 6.52. The molecular formula is C33H56N2O9. The number of anilines is 1. The van der Waals surface area contributed by atoms with Gasteiger partial charge >= 0.3 is 5.97 Å². The lowest BCUT2D eigenvalue weighted by molar-refractivity contribution is -0.148. The van der Waals surface area contributed by atoms with Crippen molar-refractivity contribution in [2.75, 3.05) is 78.4 Å². The maximum absolute atomic E-state index is 13.0. The van der Waals surface area contributed by atoms with Crippen molar-refractivity contribution in [1.29, 1.82) is 0 Å². The van der Waals surface area contributed by atoms with E-state index in [2.05, 4.69) is 24.5 Å². The van der Waals surface area contributed by atoms with Gasteiger partial charge in [0.2, 0.25) is 11.8 Å². The van der Waals surface area contributed by atoms with Crippen molar-refractivity contribution >= 4 is 23.5 Å². The first-order valence-electron chi connectivity index (χ1n) is 15.9. The standard InChI is InChI=1S/C33H56N2O9/c1-26(2)24-29(32(37)35-30-11-9-28(10-12-30)25-44-33(38)27(3)4)8-6-7-14-34-31(36)13-15-40-18-19-42-22-23-43-21-20-41-17-16-39-5/h9-12,26-27,29H,6-8,13-25H2,1-5H3,(H,34,36)(H,35,37)/t29-/m1/s1. The SMILES string of the molecule is COCCOCCOCCOCCOCCC(=O)NCCCC[C@H](CC(C)C)C(=O)Nc1ccc(COC(=O)C(C)C)cc1. The molecule has 0 unspecified atom stereocenters. The zero-order chi connectivity index (χ0) is 32.4. The van der Waals surface area contributed by atoms with Crippen molar-refractivity contribution in [2.45, 2.75) is 66.4 Å². The van der Waals surface area contributed by atoms with Crippen molar-refractivity contribution in [3.05, 3.63) is 29.8 Å². The molecule has 0 saturated heterocycles. The molecule has 0 fully saturated rings. The van der Waals surface area contributed by atoms with Gasteiger partial charge in [-0.25, -0.2) is 0 Å². The van der Waals surface area contributed by atoms with Crippen molar-refractivity contribution in [2.24, 2.45) is 17.8 Å². The summed E-state index contributed by atoms with van der Waals surface area (Å²) in [5.41, 5.74) is 1.58. The molecular weight excluding hydrogens is 568 g/mol. The molecule has 1 aromatic rings. The van der Waals surface area contributed by atoms with Crippen LogP contribution in [0.2, 0.25) is 0 Å². The van der Waals surface area contributed by atoms with E-state index in [0.717, 1.165) is 31.2 Å². The molecule has 0 aromatic heterocycles. The van der Waals surface area contributed by atoms with Gasteiger partial charge in [-0.3, -0.25) is 14.4 Å². The normalized spacial score (nSPS) is 12.0. The Bertz CT molecular complexity index is 894. The Morgan fingerprint density at radius 3 is 1.86 bits per heavy atom. The number of nitrogens with one attached hydrogen (secondary N) is 2. The summed E-state index contributed by atoms with van der Waals surface area (Å²) in [6, 6.07) is 7.36. The van der Waals surface area contributed by atoms with Gasteiger partial charge in [0, 0.05) is 31.7 Å².